The molecule has 0 bridgehead atoms. The second kappa shape index (κ2) is 5.47. The van der Waals surface area contributed by atoms with Crippen molar-refractivity contribution in [1.82, 2.24) is 0 Å². The number of hydrogen-bond donors (Lipinski definition) is 2. The summed E-state index contributed by atoms with van der Waals surface area (Å²) < 4.78 is 0. The molecule has 58 valence electrons. The normalized spacial score (nSPS) is 12.5. The summed E-state index contributed by atoms with van der Waals surface area (Å²) in [6.45, 7) is 3.55. The second-order valence-corrected chi connectivity index (χ2v) is 4.12. The van der Waals surface area contributed by atoms with Crippen molar-refractivity contribution < 1.29 is 15.6 Å². The Morgan fingerprint density at radius 1 is 1.90 bits per heavy atom. The number of hydrogen-bond acceptors (Lipinski definition) is 1. The van der Waals surface area contributed by atoms with Crippen molar-refractivity contribution in [2.75, 3.05) is 0 Å². The standard InChI is InChI=1S/C6H11NO2Se/c1-2-3-10-4-5(7)6(8)9/h2,5H,1,3-4,7H2,(H,8,9)/p+1/t5-/m0/s1. The molecule has 0 saturated heterocycles. The molecular formula is C6H12NO2Se+. The number of carboxylic acids is 1. The van der Waals surface area contributed by atoms with E-state index in [1.165, 1.54) is 0 Å². The molecule has 1 atom stereocenters. The topological polar surface area (TPSA) is 64.9 Å². The van der Waals surface area contributed by atoms with Crippen molar-refractivity contribution in [3.05, 3.63) is 12.7 Å². The summed E-state index contributed by atoms with van der Waals surface area (Å²) in [5.74, 6) is -0.800. The minimum atomic E-state index is -0.800. The Kier molecular flexibility index (Phi) is 5.30. The van der Waals surface area contributed by atoms with Gasteiger partial charge in [0.1, 0.15) is 0 Å². The van der Waals surface area contributed by atoms with Crippen molar-refractivity contribution in [2.24, 2.45) is 0 Å². The van der Waals surface area contributed by atoms with Gasteiger partial charge in [0.25, 0.3) is 0 Å². The molecule has 0 aliphatic heterocycles. The van der Waals surface area contributed by atoms with Gasteiger partial charge in [-0.1, -0.05) is 0 Å². The zero-order valence-electron chi connectivity index (χ0n) is 5.75. The number of allylic oxidation sites excluding steroid dienone is 1. The summed E-state index contributed by atoms with van der Waals surface area (Å²) in [7, 11) is 0. The van der Waals surface area contributed by atoms with Crippen molar-refractivity contribution in [2.45, 2.75) is 16.7 Å². The Morgan fingerprint density at radius 2 is 2.50 bits per heavy atom. The van der Waals surface area contributed by atoms with E-state index in [1.807, 2.05) is 6.08 Å². The van der Waals surface area contributed by atoms with Crippen molar-refractivity contribution >= 4 is 20.9 Å². The van der Waals surface area contributed by atoms with E-state index in [9.17, 15) is 4.79 Å². The van der Waals surface area contributed by atoms with Crippen LogP contribution in [0.1, 0.15) is 0 Å². The molecule has 0 aromatic heterocycles. The van der Waals surface area contributed by atoms with Gasteiger partial charge >= 0.3 is 65.9 Å². The molecule has 0 aromatic rings. The average Bonchev–Trinajstić information content (AvgIpc) is 1.88. The zero-order chi connectivity index (χ0) is 7.98. The summed E-state index contributed by atoms with van der Waals surface area (Å²) >= 11 is 0.368. The van der Waals surface area contributed by atoms with Crippen molar-refractivity contribution in [3.63, 3.8) is 0 Å². The number of carboxylic acid groups (broad SMARTS) is 1. The van der Waals surface area contributed by atoms with Gasteiger partial charge in [0.2, 0.25) is 0 Å². The van der Waals surface area contributed by atoms with E-state index in [0.717, 1.165) is 5.32 Å². The molecule has 0 amide bonds. The molecule has 0 aliphatic rings. The van der Waals surface area contributed by atoms with E-state index in [-0.39, 0.29) is 0 Å². The SMILES string of the molecule is C=CC[Se]C[C@H]([NH3+])C(=O)O. The van der Waals surface area contributed by atoms with Crippen LogP contribution in [0.25, 0.3) is 0 Å². The number of carbonyl (C=O) groups is 1. The second-order valence-electron chi connectivity index (χ2n) is 1.86. The molecule has 0 aromatic carbocycles. The summed E-state index contributed by atoms with van der Waals surface area (Å²) in [5, 5.41) is 10.0. The van der Waals surface area contributed by atoms with E-state index in [2.05, 4.69) is 12.3 Å². The molecule has 0 saturated carbocycles. The summed E-state index contributed by atoms with van der Waals surface area (Å²) in [5.41, 5.74) is 3.49. The van der Waals surface area contributed by atoms with Crippen LogP contribution in [0.5, 0.6) is 0 Å². The van der Waals surface area contributed by atoms with E-state index in [4.69, 9.17) is 5.11 Å². The Bertz CT molecular complexity index is 127. The molecular weight excluding hydrogens is 197 g/mol. The van der Waals surface area contributed by atoms with Gasteiger partial charge in [-0.05, 0) is 0 Å². The van der Waals surface area contributed by atoms with Gasteiger partial charge in [-0.25, -0.2) is 0 Å². The number of quaternary nitrogens is 1. The van der Waals surface area contributed by atoms with E-state index < -0.39 is 12.0 Å². The molecule has 0 rings (SSSR count). The molecule has 3 nitrogen and oxygen atoms in total. The Labute approximate surface area is 66.5 Å². The fraction of sp³-hybridized carbons (Fsp3) is 0.500. The molecule has 0 unspecified atom stereocenters. The third kappa shape index (κ3) is 4.56. The Hall–Kier alpha value is -0.311. The van der Waals surface area contributed by atoms with Crippen LogP contribution in [-0.2, 0) is 4.79 Å². The van der Waals surface area contributed by atoms with Crippen molar-refractivity contribution in [3.8, 4) is 0 Å². The van der Waals surface area contributed by atoms with Crippen LogP contribution < -0.4 is 5.73 Å². The first-order valence-corrected chi connectivity index (χ1v) is 5.35. The first-order valence-electron chi connectivity index (χ1n) is 2.93. The van der Waals surface area contributed by atoms with Crippen LogP contribution in [0.15, 0.2) is 12.7 Å². The van der Waals surface area contributed by atoms with Gasteiger partial charge in [0, 0.05) is 0 Å². The quantitative estimate of drug-likeness (QED) is 0.361. The Morgan fingerprint density at radius 3 is 2.90 bits per heavy atom. The molecule has 0 aliphatic carbocycles. The van der Waals surface area contributed by atoms with E-state index in [0.29, 0.717) is 20.3 Å². The molecule has 10 heavy (non-hydrogen) atoms. The van der Waals surface area contributed by atoms with Crippen LogP contribution >= 0.6 is 0 Å². The van der Waals surface area contributed by atoms with Gasteiger partial charge in [-0.2, -0.15) is 0 Å². The summed E-state index contributed by atoms with van der Waals surface area (Å²) in [4.78, 5) is 10.2. The first kappa shape index (κ1) is 9.69. The van der Waals surface area contributed by atoms with Gasteiger partial charge < -0.3 is 0 Å². The number of aliphatic carboxylic acids is 1. The first-order chi connectivity index (χ1) is 4.68. The molecule has 0 spiro atoms. The molecule has 4 N–H and O–H groups in total. The van der Waals surface area contributed by atoms with Gasteiger partial charge in [-0.15, -0.1) is 0 Å². The van der Waals surface area contributed by atoms with E-state index in [1.54, 1.807) is 0 Å². The predicted octanol–water partition coefficient (Wildman–Crippen LogP) is -0.592. The van der Waals surface area contributed by atoms with Crippen LogP contribution in [0.4, 0.5) is 0 Å². The van der Waals surface area contributed by atoms with Crippen LogP contribution in [0.2, 0.25) is 10.6 Å². The fourth-order valence-corrected chi connectivity index (χ4v) is 1.90. The van der Waals surface area contributed by atoms with Crippen LogP contribution in [0.3, 0.4) is 0 Å². The third-order valence-corrected chi connectivity index (χ3v) is 3.23. The van der Waals surface area contributed by atoms with Gasteiger partial charge in [0.15, 0.2) is 0 Å². The van der Waals surface area contributed by atoms with Gasteiger partial charge in [-0.3, -0.25) is 0 Å². The summed E-state index contributed by atoms with van der Waals surface area (Å²) in [6.07, 6.45) is 1.81. The minimum absolute atomic E-state index is 0.368. The number of rotatable bonds is 5. The fourth-order valence-electron chi connectivity index (χ4n) is 0.365. The summed E-state index contributed by atoms with van der Waals surface area (Å²) in [6, 6.07) is -0.431. The maximum absolute atomic E-state index is 10.2. The van der Waals surface area contributed by atoms with E-state index >= 15 is 0 Å². The van der Waals surface area contributed by atoms with Crippen LogP contribution in [-0.4, -0.2) is 32.1 Å². The maximum atomic E-state index is 10.2. The zero-order valence-corrected chi connectivity index (χ0v) is 7.46. The molecule has 0 radical (unpaired) electrons. The predicted molar refractivity (Wildman–Crippen MR) is 39.9 cm³/mol. The molecule has 0 heterocycles. The monoisotopic (exact) mass is 210 g/mol. The molecule has 0 fully saturated rings. The third-order valence-electron chi connectivity index (χ3n) is 0.904. The van der Waals surface area contributed by atoms with Gasteiger partial charge in [0.05, 0.1) is 0 Å². The van der Waals surface area contributed by atoms with Crippen LogP contribution in [0, 0.1) is 0 Å². The van der Waals surface area contributed by atoms with Crippen molar-refractivity contribution in [1.29, 1.82) is 0 Å². The molecule has 4 heteroatoms. The average molecular weight is 209 g/mol. The Balaban J connectivity index is 3.30.